The Morgan fingerprint density at radius 3 is 2.52 bits per heavy atom. The molecule has 3 amide bonds. The van der Waals surface area contributed by atoms with Gasteiger partial charge in [-0.1, -0.05) is 26.0 Å². The highest BCUT2D eigenvalue weighted by Crippen LogP contribution is 2.31. The van der Waals surface area contributed by atoms with Gasteiger partial charge in [-0.15, -0.1) is 0 Å². The first-order chi connectivity index (χ1) is 13.8. The summed E-state index contributed by atoms with van der Waals surface area (Å²) in [5.74, 6) is -1.35. The third-order valence-corrected chi connectivity index (χ3v) is 4.52. The summed E-state index contributed by atoms with van der Waals surface area (Å²) in [5, 5.41) is 15.8. The van der Waals surface area contributed by atoms with E-state index < -0.39 is 35.4 Å². The van der Waals surface area contributed by atoms with Crippen LogP contribution >= 0.6 is 0 Å². The molecule has 10 nitrogen and oxygen atoms in total. The number of nitrogens with one attached hydrogen (secondary N) is 2. The van der Waals surface area contributed by atoms with Gasteiger partial charge >= 0.3 is 12.0 Å². The van der Waals surface area contributed by atoms with Crippen LogP contribution in [0.2, 0.25) is 0 Å². The molecule has 10 heteroatoms. The summed E-state index contributed by atoms with van der Waals surface area (Å²) in [4.78, 5) is 48.0. The van der Waals surface area contributed by atoms with E-state index in [2.05, 4.69) is 10.6 Å². The summed E-state index contributed by atoms with van der Waals surface area (Å²) in [6, 6.07) is 5.85. The zero-order valence-electron chi connectivity index (χ0n) is 16.6. The van der Waals surface area contributed by atoms with E-state index in [1.807, 2.05) is 18.7 Å². The first-order valence-corrected chi connectivity index (χ1v) is 9.50. The molecule has 1 aliphatic rings. The Kier molecular flexibility index (Phi) is 7.93. The summed E-state index contributed by atoms with van der Waals surface area (Å²) in [6.45, 7) is 4.68. The average Bonchev–Trinajstić information content (AvgIpc) is 2.70. The molecule has 1 aromatic carbocycles. The number of para-hydroxylation sites is 2. The average molecular weight is 406 g/mol. The summed E-state index contributed by atoms with van der Waals surface area (Å²) >= 11 is 0. The van der Waals surface area contributed by atoms with Crippen LogP contribution in [-0.2, 0) is 14.3 Å². The molecular formula is C19H26N4O6. The molecule has 0 unspecified atom stereocenters. The van der Waals surface area contributed by atoms with Crippen LogP contribution in [0.1, 0.15) is 26.7 Å². The van der Waals surface area contributed by atoms with Crippen LogP contribution in [0.15, 0.2) is 24.3 Å². The van der Waals surface area contributed by atoms with Crippen molar-refractivity contribution in [2.75, 3.05) is 31.1 Å². The third kappa shape index (κ3) is 6.74. The number of amides is 3. The second-order valence-electron chi connectivity index (χ2n) is 7.27. The van der Waals surface area contributed by atoms with Crippen molar-refractivity contribution >= 4 is 29.3 Å². The first-order valence-electron chi connectivity index (χ1n) is 9.50. The van der Waals surface area contributed by atoms with E-state index in [0.29, 0.717) is 38.2 Å². The predicted octanol–water partition coefficient (Wildman–Crippen LogP) is 1.84. The molecule has 1 aromatic rings. The van der Waals surface area contributed by atoms with E-state index in [0.717, 1.165) is 0 Å². The maximum Gasteiger partial charge on any atom is 0.321 e. The summed E-state index contributed by atoms with van der Waals surface area (Å²) in [5.41, 5.74) is 0.553. The molecule has 0 spiro atoms. The lowest BCUT2D eigenvalue weighted by atomic mass is 9.96. The molecule has 158 valence electrons. The maximum atomic E-state index is 12.2. The number of nitro groups is 1. The highest BCUT2D eigenvalue weighted by molar-refractivity contribution is 5.95. The molecule has 1 saturated heterocycles. The molecular weight excluding hydrogens is 380 g/mol. The van der Waals surface area contributed by atoms with Crippen molar-refractivity contribution < 1.29 is 24.0 Å². The molecule has 0 atom stereocenters. The van der Waals surface area contributed by atoms with Crippen LogP contribution in [0.5, 0.6) is 0 Å². The van der Waals surface area contributed by atoms with Gasteiger partial charge in [-0.05, 0) is 24.8 Å². The molecule has 2 rings (SSSR count). The standard InChI is InChI=1S/C19H26N4O6/c1-13(2)11-20-19(26)21-17(24)12-29-18(25)14-7-9-22(10-8-14)15-5-3-4-6-16(15)23(27)28/h3-6,13-14H,7-12H2,1-2H3,(H2,20,21,24,26). The molecule has 0 radical (unpaired) electrons. The fourth-order valence-corrected chi connectivity index (χ4v) is 3.00. The van der Waals surface area contributed by atoms with Crippen LogP contribution in [0.4, 0.5) is 16.2 Å². The fraction of sp³-hybridized carbons (Fsp3) is 0.526. The number of rotatable bonds is 7. The van der Waals surface area contributed by atoms with Crippen molar-refractivity contribution in [1.29, 1.82) is 0 Å². The van der Waals surface area contributed by atoms with Gasteiger partial charge in [0.25, 0.3) is 11.6 Å². The number of hydrogen-bond donors (Lipinski definition) is 2. The third-order valence-electron chi connectivity index (χ3n) is 4.52. The Bertz CT molecular complexity index is 759. The SMILES string of the molecule is CC(C)CNC(=O)NC(=O)COC(=O)C1CCN(c2ccccc2[N+](=O)[O-])CC1. The number of nitro benzene ring substituents is 1. The number of ether oxygens (including phenoxy) is 1. The van der Waals surface area contributed by atoms with Crippen LogP contribution in [0.3, 0.4) is 0 Å². The fourth-order valence-electron chi connectivity index (χ4n) is 3.00. The molecule has 29 heavy (non-hydrogen) atoms. The quantitative estimate of drug-likeness (QED) is 0.401. The van der Waals surface area contributed by atoms with Gasteiger partial charge in [0, 0.05) is 25.7 Å². The monoisotopic (exact) mass is 406 g/mol. The van der Waals surface area contributed by atoms with Crippen molar-refractivity contribution in [2.24, 2.45) is 11.8 Å². The van der Waals surface area contributed by atoms with E-state index >= 15 is 0 Å². The minimum atomic E-state index is -0.697. The molecule has 0 saturated carbocycles. The Morgan fingerprint density at radius 1 is 1.24 bits per heavy atom. The summed E-state index contributed by atoms with van der Waals surface area (Å²) < 4.78 is 5.01. The Morgan fingerprint density at radius 2 is 1.90 bits per heavy atom. The topological polar surface area (TPSA) is 131 Å². The van der Waals surface area contributed by atoms with E-state index in [4.69, 9.17) is 4.74 Å². The van der Waals surface area contributed by atoms with Crippen LogP contribution in [0.25, 0.3) is 0 Å². The Labute approximate surface area is 168 Å². The maximum absolute atomic E-state index is 12.2. The van der Waals surface area contributed by atoms with Gasteiger partial charge in [-0.3, -0.25) is 25.0 Å². The number of benzene rings is 1. The van der Waals surface area contributed by atoms with Crippen molar-refractivity contribution in [3.8, 4) is 0 Å². The van der Waals surface area contributed by atoms with Crippen molar-refractivity contribution in [3.63, 3.8) is 0 Å². The minimum Gasteiger partial charge on any atom is -0.455 e. The van der Waals surface area contributed by atoms with Gasteiger partial charge in [-0.25, -0.2) is 4.79 Å². The second kappa shape index (κ2) is 10.4. The normalized spacial score (nSPS) is 14.4. The Hall–Kier alpha value is -3.17. The first kappa shape index (κ1) is 22.1. The number of anilines is 1. The lowest BCUT2D eigenvalue weighted by molar-refractivity contribution is -0.384. The lowest BCUT2D eigenvalue weighted by Crippen LogP contribution is -2.43. The summed E-state index contributed by atoms with van der Waals surface area (Å²) in [7, 11) is 0. The Balaban J connectivity index is 1.77. The number of imide groups is 1. The predicted molar refractivity (Wildman–Crippen MR) is 105 cm³/mol. The number of carbonyl (C=O) groups is 3. The van der Waals surface area contributed by atoms with Gasteiger partial charge in [0.2, 0.25) is 0 Å². The van der Waals surface area contributed by atoms with E-state index in [-0.39, 0.29) is 11.6 Å². The van der Waals surface area contributed by atoms with Crippen molar-refractivity contribution in [2.45, 2.75) is 26.7 Å². The smallest absolute Gasteiger partial charge is 0.321 e. The van der Waals surface area contributed by atoms with Crippen LogP contribution in [0, 0.1) is 22.0 Å². The van der Waals surface area contributed by atoms with E-state index in [1.54, 1.807) is 18.2 Å². The van der Waals surface area contributed by atoms with E-state index in [9.17, 15) is 24.5 Å². The van der Waals surface area contributed by atoms with Crippen molar-refractivity contribution in [3.05, 3.63) is 34.4 Å². The number of urea groups is 1. The van der Waals surface area contributed by atoms with Gasteiger partial charge in [0.1, 0.15) is 5.69 Å². The van der Waals surface area contributed by atoms with Gasteiger partial charge in [-0.2, -0.15) is 0 Å². The lowest BCUT2D eigenvalue weighted by Gasteiger charge is -2.32. The second-order valence-corrected chi connectivity index (χ2v) is 7.27. The number of hydrogen-bond acceptors (Lipinski definition) is 7. The highest BCUT2D eigenvalue weighted by Gasteiger charge is 2.29. The number of piperidine rings is 1. The van der Waals surface area contributed by atoms with Crippen molar-refractivity contribution in [1.82, 2.24) is 10.6 Å². The van der Waals surface area contributed by atoms with Gasteiger partial charge < -0.3 is 15.0 Å². The zero-order chi connectivity index (χ0) is 21.4. The molecule has 1 heterocycles. The minimum absolute atomic E-state index is 0.0286. The zero-order valence-corrected chi connectivity index (χ0v) is 16.6. The van der Waals surface area contributed by atoms with Crippen LogP contribution in [-0.4, -0.2) is 49.1 Å². The highest BCUT2D eigenvalue weighted by atomic mass is 16.6. The molecule has 0 aromatic heterocycles. The number of carbonyl (C=O) groups excluding carboxylic acids is 3. The van der Waals surface area contributed by atoms with Crippen LogP contribution < -0.4 is 15.5 Å². The van der Waals surface area contributed by atoms with Gasteiger partial charge in [0.15, 0.2) is 6.61 Å². The molecule has 0 bridgehead atoms. The number of nitrogens with zero attached hydrogens (tertiary/aromatic N) is 2. The molecule has 1 fully saturated rings. The van der Waals surface area contributed by atoms with E-state index in [1.165, 1.54) is 6.07 Å². The number of esters is 1. The van der Waals surface area contributed by atoms with Gasteiger partial charge in [0.05, 0.1) is 10.8 Å². The largest absolute Gasteiger partial charge is 0.455 e. The summed E-state index contributed by atoms with van der Waals surface area (Å²) in [6.07, 6.45) is 0.919. The molecule has 1 aliphatic heterocycles. The molecule has 2 N–H and O–H groups in total. The molecule has 0 aliphatic carbocycles.